The van der Waals surface area contributed by atoms with Gasteiger partial charge in [-0.3, -0.25) is 0 Å². The molecular formula is C62H40N2S2. The number of hydrogen-bond acceptors (Lipinski definition) is 4. The molecule has 4 heteroatoms. The van der Waals surface area contributed by atoms with Gasteiger partial charge in [0.2, 0.25) is 0 Å². The summed E-state index contributed by atoms with van der Waals surface area (Å²) in [6, 6.07) is 89.1. The summed E-state index contributed by atoms with van der Waals surface area (Å²) in [4.78, 5) is 5.02. The molecule has 0 saturated carbocycles. The van der Waals surface area contributed by atoms with Crippen LogP contribution in [0.4, 0.5) is 34.1 Å². The van der Waals surface area contributed by atoms with Gasteiger partial charge in [-0.05, 0) is 99.1 Å². The molecule has 13 rings (SSSR count). The third-order valence-electron chi connectivity index (χ3n) is 13.0. The van der Waals surface area contributed by atoms with Gasteiger partial charge in [-0.15, -0.1) is 22.7 Å². The maximum atomic E-state index is 2.53. The molecule has 0 aliphatic heterocycles. The molecule has 13 aromatic rings. The molecular weight excluding hydrogens is 837 g/mol. The molecule has 0 saturated heterocycles. The molecule has 0 unspecified atom stereocenters. The monoisotopic (exact) mass is 876 g/mol. The fraction of sp³-hybridized carbons (Fsp3) is 0. The molecule has 2 heterocycles. The molecule has 0 aliphatic carbocycles. The fourth-order valence-electron chi connectivity index (χ4n) is 9.93. The van der Waals surface area contributed by atoms with Gasteiger partial charge in [0.25, 0.3) is 0 Å². The Morgan fingerprint density at radius 3 is 1.27 bits per heavy atom. The van der Waals surface area contributed by atoms with Crippen molar-refractivity contribution in [3.8, 4) is 22.3 Å². The van der Waals surface area contributed by atoms with E-state index in [0.717, 1.165) is 34.1 Å². The van der Waals surface area contributed by atoms with E-state index in [9.17, 15) is 0 Å². The van der Waals surface area contributed by atoms with Crippen LogP contribution in [0.5, 0.6) is 0 Å². The highest BCUT2D eigenvalue weighted by molar-refractivity contribution is 7.26. The van der Waals surface area contributed by atoms with Crippen LogP contribution >= 0.6 is 22.7 Å². The highest BCUT2D eigenvalue weighted by atomic mass is 32.1. The van der Waals surface area contributed by atoms with Crippen LogP contribution in [0.25, 0.3) is 84.1 Å². The number of benzene rings is 11. The van der Waals surface area contributed by atoms with E-state index in [1.165, 1.54) is 84.1 Å². The van der Waals surface area contributed by atoms with Crippen molar-refractivity contribution in [3.63, 3.8) is 0 Å². The first-order valence-corrected chi connectivity index (χ1v) is 24.0. The largest absolute Gasteiger partial charge is 0.309 e. The maximum absolute atomic E-state index is 2.53. The second kappa shape index (κ2) is 15.9. The summed E-state index contributed by atoms with van der Waals surface area (Å²) in [6.07, 6.45) is 0. The Morgan fingerprint density at radius 2 is 0.697 bits per heavy atom. The Balaban J connectivity index is 1.12. The van der Waals surface area contributed by atoms with Crippen LogP contribution in [-0.2, 0) is 0 Å². The normalized spacial score (nSPS) is 11.6. The smallest absolute Gasteiger partial charge is 0.0640 e. The average Bonchev–Trinajstić information content (AvgIpc) is 3.97. The van der Waals surface area contributed by atoms with E-state index in [-0.39, 0.29) is 0 Å². The molecule has 0 amide bonds. The van der Waals surface area contributed by atoms with Crippen LogP contribution in [0.2, 0.25) is 0 Å². The summed E-state index contributed by atoms with van der Waals surface area (Å²) in [6.45, 7) is 0. The first-order chi connectivity index (χ1) is 32.7. The molecule has 0 aliphatic rings. The van der Waals surface area contributed by atoms with Crippen LogP contribution in [0.1, 0.15) is 0 Å². The van der Waals surface area contributed by atoms with Crippen molar-refractivity contribution < 1.29 is 0 Å². The van der Waals surface area contributed by atoms with Crippen LogP contribution in [-0.4, -0.2) is 0 Å². The van der Waals surface area contributed by atoms with Crippen LogP contribution in [0.15, 0.2) is 243 Å². The molecule has 2 nitrogen and oxygen atoms in total. The Labute approximate surface area is 391 Å². The predicted molar refractivity (Wildman–Crippen MR) is 287 cm³/mol. The van der Waals surface area contributed by atoms with E-state index in [4.69, 9.17) is 0 Å². The summed E-state index contributed by atoms with van der Waals surface area (Å²) < 4.78 is 5.08. The first kappa shape index (κ1) is 38.4. The molecule has 0 atom stereocenters. The van der Waals surface area contributed by atoms with E-state index in [1.807, 2.05) is 22.7 Å². The number of anilines is 6. The number of nitrogens with zero attached hydrogens (tertiary/aromatic N) is 2. The number of thiophene rings is 2. The summed E-state index contributed by atoms with van der Waals surface area (Å²) in [7, 11) is 0. The minimum atomic E-state index is 1.08. The second-order valence-corrected chi connectivity index (χ2v) is 19.0. The van der Waals surface area contributed by atoms with Crippen molar-refractivity contribution in [1.29, 1.82) is 0 Å². The van der Waals surface area contributed by atoms with Crippen LogP contribution < -0.4 is 9.80 Å². The molecule has 0 bridgehead atoms. The van der Waals surface area contributed by atoms with Crippen molar-refractivity contribution in [1.82, 2.24) is 0 Å². The fourth-order valence-corrected chi connectivity index (χ4v) is 12.3. The number of fused-ring (bicyclic) bond motifs is 9. The third kappa shape index (κ3) is 6.45. The molecule has 0 N–H and O–H groups in total. The molecule has 66 heavy (non-hydrogen) atoms. The van der Waals surface area contributed by atoms with E-state index < -0.39 is 0 Å². The highest BCUT2D eigenvalue weighted by Gasteiger charge is 2.25. The minimum Gasteiger partial charge on any atom is -0.309 e. The first-order valence-electron chi connectivity index (χ1n) is 22.4. The SMILES string of the molecule is c1ccc(-c2ccc(N(c3cc(N(c4ccc(-c5ccccc5)cc4)c4cccc5c4sc4ccccc45)c4c(ccc5ccccc54)c3)c3cccc4c3sc3ccccc34)cc2)cc1. The lowest BCUT2D eigenvalue weighted by Gasteiger charge is -2.31. The Morgan fingerprint density at radius 1 is 0.258 bits per heavy atom. The van der Waals surface area contributed by atoms with Gasteiger partial charge < -0.3 is 9.80 Å². The maximum Gasteiger partial charge on any atom is 0.0640 e. The lowest BCUT2D eigenvalue weighted by molar-refractivity contribution is 1.28. The molecule has 310 valence electrons. The van der Waals surface area contributed by atoms with Gasteiger partial charge >= 0.3 is 0 Å². The van der Waals surface area contributed by atoms with Gasteiger partial charge in [-0.2, -0.15) is 0 Å². The van der Waals surface area contributed by atoms with Crippen molar-refractivity contribution >= 4 is 119 Å². The van der Waals surface area contributed by atoms with Gasteiger partial charge in [0.15, 0.2) is 0 Å². The summed E-state index contributed by atoms with van der Waals surface area (Å²) in [5.41, 5.74) is 11.5. The quantitative estimate of drug-likeness (QED) is 0.140. The second-order valence-electron chi connectivity index (χ2n) is 16.9. The minimum absolute atomic E-state index is 1.08. The van der Waals surface area contributed by atoms with Gasteiger partial charge in [-0.25, -0.2) is 0 Å². The molecule has 2 aromatic heterocycles. The molecule has 0 spiro atoms. The Hall–Kier alpha value is -8.02. The third-order valence-corrected chi connectivity index (χ3v) is 15.4. The van der Waals surface area contributed by atoms with E-state index in [0.29, 0.717) is 0 Å². The van der Waals surface area contributed by atoms with Crippen LogP contribution in [0.3, 0.4) is 0 Å². The zero-order chi connectivity index (χ0) is 43.6. The van der Waals surface area contributed by atoms with E-state index in [1.54, 1.807) is 0 Å². The number of hydrogen-bond donors (Lipinski definition) is 0. The van der Waals surface area contributed by atoms with E-state index in [2.05, 4.69) is 252 Å². The van der Waals surface area contributed by atoms with Gasteiger partial charge in [0, 0.05) is 53.4 Å². The van der Waals surface area contributed by atoms with Crippen molar-refractivity contribution in [2.45, 2.75) is 0 Å². The topological polar surface area (TPSA) is 6.48 Å². The summed E-state index contributed by atoms with van der Waals surface area (Å²) in [5.74, 6) is 0. The van der Waals surface area contributed by atoms with Gasteiger partial charge in [-0.1, -0.05) is 182 Å². The lowest BCUT2D eigenvalue weighted by Crippen LogP contribution is -2.14. The summed E-state index contributed by atoms with van der Waals surface area (Å²) >= 11 is 3.74. The van der Waals surface area contributed by atoms with Gasteiger partial charge in [0.1, 0.15) is 0 Å². The number of rotatable bonds is 8. The summed E-state index contributed by atoms with van der Waals surface area (Å²) in [5, 5.41) is 9.91. The standard InChI is InChI=1S/C62H40N2S2/c1-3-15-41(16-4-1)43-31-35-47(36-32-43)63(55-25-13-23-53-51-21-9-11-27-58(51)65-61(53)55)49-39-46-30-29-45-19-7-8-20-50(45)60(46)57(40-49)64(48-37-33-44(34-38-48)42-17-5-2-6-18-42)56-26-14-24-54-52-22-10-12-28-59(52)66-62(54)56/h1-40H. The zero-order valence-electron chi connectivity index (χ0n) is 35.8. The van der Waals surface area contributed by atoms with Crippen molar-refractivity contribution in [2.75, 3.05) is 9.80 Å². The predicted octanol–water partition coefficient (Wildman–Crippen LogP) is 19.0. The molecule has 0 fully saturated rings. The highest BCUT2D eigenvalue weighted by Crippen LogP contribution is 2.51. The van der Waals surface area contributed by atoms with Crippen LogP contribution in [0, 0.1) is 0 Å². The van der Waals surface area contributed by atoms with E-state index >= 15 is 0 Å². The lowest BCUT2D eigenvalue weighted by atomic mass is 9.97. The Kier molecular flexibility index (Phi) is 9.26. The Bertz CT molecular complexity index is 3930. The average molecular weight is 877 g/mol. The molecule has 11 aromatic carbocycles. The molecule has 0 radical (unpaired) electrons. The van der Waals surface area contributed by atoms with Gasteiger partial charge in [0.05, 0.1) is 26.5 Å². The van der Waals surface area contributed by atoms with Crippen molar-refractivity contribution in [2.24, 2.45) is 0 Å². The van der Waals surface area contributed by atoms with Crippen molar-refractivity contribution in [3.05, 3.63) is 243 Å². The zero-order valence-corrected chi connectivity index (χ0v) is 37.4.